The quantitative estimate of drug-likeness (QED) is 0.191. The number of carboxylic acids is 1. The van der Waals surface area contributed by atoms with Gasteiger partial charge in [-0.05, 0) is 66.2 Å². The zero-order valence-corrected chi connectivity index (χ0v) is 22.3. The molecule has 1 aromatic heterocycles. The third-order valence-corrected chi connectivity index (χ3v) is 6.31. The molecule has 0 saturated heterocycles. The maximum absolute atomic E-state index is 13.5. The number of benzene rings is 4. The van der Waals surface area contributed by atoms with Crippen molar-refractivity contribution in [1.82, 2.24) is 5.32 Å². The molecule has 220 valence electrons. The van der Waals surface area contributed by atoms with Gasteiger partial charge in [0.2, 0.25) is 0 Å². The fourth-order valence-corrected chi connectivity index (χ4v) is 4.39. The summed E-state index contributed by atoms with van der Waals surface area (Å²) in [5.74, 6) is -1.82. The van der Waals surface area contributed by atoms with Crippen LogP contribution in [-0.4, -0.2) is 36.0 Å². The lowest BCUT2D eigenvalue weighted by Crippen LogP contribution is -2.33. The number of rotatable bonds is 9. The third-order valence-electron chi connectivity index (χ3n) is 6.31. The molecular weight excluding hydrogens is 569 g/mol. The minimum Gasteiger partial charge on any atom is -0.481 e. The molecule has 0 fully saturated rings. The van der Waals surface area contributed by atoms with Gasteiger partial charge in [0.1, 0.15) is 22.7 Å². The molecule has 5 rings (SSSR count). The van der Waals surface area contributed by atoms with Crippen LogP contribution in [0.3, 0.4) is 0 Å². The highest BCUT2D eigenvalue weighted by atomic mass is 19.4. The summed E-state index contributed by atoms with van der Waals surface area (Å²) in [6.07, 6.45) is -5.98. The summed E-state index contributed by atoms with van der Waals surface area (Å²) in [5, 5.41) is 12.8. The summed E-state index contributed by atoms with van der Waals surface area (Å²) < 4.78 is 53.9. The second kappa shape index (κ2) is 12.1. The van der Waals surface area contributed by atoms with Crippen molar-refractivity contribution in [1.29, 1.82) is 0 Å². The maximum atomic E-state index is 13.5. The molecule has 2 amide bonds. The first kappa shape index (κ1) is 29.0. The number of fused-ring (bicyclic) bond motifs is 3. The number of furan rings is 1. The molecule has 0 aliphatic carbocycles. The molecule has 0 aliphatic rings. The molecule has 0 aliphatic heterocycles. The van der Waals surface area contributed by atoms with Gasteiger partial charge in [0.15, 0.2) is 0 Å². The fraction of sp³-hybridized carbons (Fsp3) is 0.129. The third kappa shape index (κ3) is 7.22. The zero-order chi connectivity index (χ0) is 30.6. The molecule has 0 atom stereocenters. The second-order valence-electron chi connectivity index (χ2n) is 9.35. The monoisotopic (exact) mass is 592 g/mol. The number of alkyl halides is 3. The Labute approximate surface area is 242 Å². The Morgan fingerprint density at radius 1 is 0.837 bits per heavy atom. The van der Waals surface area contributed by atoms with E-state index in [1.807, 2.05) is 24.3 Å². The molecule has 0 bridgehead atoms. The molecule has 2 N–H and O–H groups in total. The molecule has 43 heavy (non-hydrogen) atoms. The number of carbonyl (C=O) groups excluding carboxylic acids is 2. The van der Waals surface area contributed by atoms with Crippen LogP contribution in [0.2, 0.25) is 0 Å². The van der Waals surface area contributed by atoms with E-state index in [0.29, 0.717) is 16.7 Å². The largest absolute Gasteiger partial charge is 0.573 e. The van der Waals surface area contributed by atoms with Crippen LogP contribution in [0.1, 0.15) is 22.3 Å². The number of ether oxygens (including phenoxy) is 2. The molecule has 0 saturated carbocycles. The van der Waals surface area contributed by atoms with E-state index in [0.717, 1.165) is 22.9 Å². The fourth-order valence-electron chi connectivity index (χ4n) is 4.39. The van der Waals surface area contributed by atoms with Crippen LogP contribution < -0.4 is 19.7 Å². The van der Waals surface area contributed by atoms with E-state index in [4.69, 9.17) is 14.3 Å². The van der Waals surface area contributed by atoms with E-state index < -0.39 is 30.1 Å². The second-order valence-corrected chi connectivity index (χ2v) is 9.35. The Morgan fingerprint density at radius 3 is 2.33 bits per heavy atom. The Bertz CT molecular complexity index is 1800. The summed E-state index contributed by atoms with van der Waals surface area (Å²) >= 11 is 0. The van der Waals surface area contributed by atoms with Crippen molar-refractivity contribution < 1.29 is 46.6 Å². The smallest absolute Gasteiger partial charge is 0.481 e. The summed E-state index contributed by atoms with van der Waals surface area (Å²) in [6.45, 7) is -0.268. The highest BCUT2D eigenvalue weighted by molar-refractivity contribution is 6.05. The van der Waals surface area contributed by atoms with Crippen molar-refractivity contribution in [3.63, 3.8) is 0 Å². The average Bonchev–Trinajstić information content (AvgIpc) is 3.33. The van der Waals surface area contributed by atoms with Gasteiger partial charge < -0.3 is 24.3 Å². The molecule has 5 aromatic rings. The van der Waals surface area contributed by atoms with Crippen molar-refractivity contribution in [2.75, 3.05) is 11.4 Å². The lowest BCUT2D eigenvalue weighted by Gasteiger charge is -2.23. The zero-order valence-electron chi connectivity index (χ0n) is 22.3. The Morgan fingerprint density at radius 2 is 1.58 bits per heavy atom. The molecule has 0 unspecified atom stereocenters. The normalized spacial score (nSPS) is 11.3. The van der Waals surface area contributed by atoms with Crippen LogP contribution in [0.4, 0.5) is 23.7 Å². The molecule has 1 heterocycles. The van der Waals surface area contributed by atoms with Crippen molar-refractivity contribution in [3.8, 4) is 11.5 Å². The number of para-hydroxylation sites is 1. The topological polar surface area (TPSA) is 118 Å². The first-order valence-electron chi connectivity index (χ1n) is 12.9. The summed E-state index contributed by atoms with van der Waals surface area (Å²) in [7, 11) is 0. The predicted molar refractivity (Wildman–Crippen MR) is 150 cm³/mol. The standard InChI is InChI=1S/C31H23F3N2O7/c32-31(33,34)43-23-5-3-4-19(16-23)18-36(21-10-8-20(9-11-21)29(39)35-15-14-28(37)38)30(40)41-22-12-13-27-25(17-22)24-6-1-2-7-26(24)42-27/h1-13,16-17H,14-15,18H2,(H,35,39)(H,37,38). The molecule has 0 radical (unpaired) electrons. The number of amides is 2. The van der Waals surface area contributed by atoms with Crippen molar-refractivity contribution in [3.05, 3.63) is 102 Å². The minimum absolute atomic E-state index is 0.0685. The lowest BCUT2D eigenvalue weighted by atomic mass is 10.1. The van der Waals surface area contributed by atoms with Gasteiger partial charge in [-0.15, -0.1) is 13.2 Å². The first-order chi connectivity index (χ1) is 20.6. The van der Waals surface area contributed by atoms with E-state index in [2.05, 4.69) is 10.1 Å². The van der Waals surface area contributed by atoms with Gasteiger partial charge in [0.05, 0.1) is 13.0 Å². The van der Waals surface area contributed by atoms with Gasteiger partial charge in [-0.1, -0.05) is 30.3 Å². The summed E-state index contributed by atoms with van der Waals surface area (Å²) in [5.41, 5.74) is 2.06. The van der Waals surface area contributed by atoms with Crippen LogP contribution >= 0.6 is 0 Å². The van der Waals surface area contributed by atoms with Gasteiger partial charge in [-0.25, -0.2) is 4.79 Å². The summed E-state index contributed by atoms with van der Waals surface area (Å²) in [4.78, 5) is 37.8. The van der Waals surface area contributed by atoms with Crippen LogP contribution in [-0.2, 0) is 11.3 Å². The van der Waals surface area contributed by atoms with Crippen LogP contribution in [0, 0.1) is 0 Å². The maximum Gasteiger partial charge on any atom is 0.573 e. The molecule has 9 nitrogen and oxygen atoms in total. The lowest BCUT2D eigenvalue weighted by molar-refractivity contribution is -0.274. The number of carboxylic acid groups (broad SMARTS) is 1. The molecule has 12 heteroatoms. The van der Waals surface area contributed by atoms with Crippen LogP contribution in [0.5, 0.6) is 11.5 Å². The Kier molecular flexibility index (Phi) is 8.19. The average molecular weight is 593 g/mol. The number of hydrogen-bond acceptors (Lipinski definition) is 6. The SMILES string of the molecule is O=C(O)CCNC(=O)c1ccc(N(Cc2cccc(OC(F)(F)F)c2)C(=O)Oc2ccc3oc4ccccc4c3c2)cc1. The van der Waals surface area contributed by atoms with Gasteiger partial charge in [0.25, 0.3) is 5.91 Å². The van der Waals surface area contributed by atoms with Gasteiger partial charge >= 0.3 is 18.4 Å². The van der Waals surface area contributed by atoms with Crippen molar-refractivity contribution in [2.24, 2.45) is 0 Å². The first-order valence-corrected chi connectivity index (χ1v) is 12.9. The van der Waals surface area contributed by atoms with E-state index >= 15 is 0 Å². The number of halogens is 3. The number of aliphatic carboxylic acids is 1. The van der Waals surface area contributed by atoms with E-state index in [9.17, 15) is 27.6 Å². The number of anilines is 1. The van der Waals surface area contributed by atoms with Crippen molar-refractivity contribution >= 4 is 45.6 Å². The molecule has 0 spiro atoms. The highest BCUT2D eigenvalue weighted by Gasteiger charge is 2.31. The molecular formula is C31H23F3N2O7. The predicted octanol–water partition coefficient (Wildman–Crippen LogP) is 6.89. The van der Waals surface area contributed by atoms with Crippen molar-refractivity contribution in [2.45, 2.75) is 19.3 Å². The van der Waals surface area contributed by atoms with Gasteiger partial charge in [0, 0.05) is 28.6 Å². The number of hydrogen-bond donors (Lipinski definition) is 2. The van der Waals surface area contributed by atoms with Gasteiger partial charge in [-0.2, -0.15) is 0 Å². The van der Waals surface area contributed by atoms with Gasteiger partial charge in [-0.3, -0.25) is 14.5 Å². The van der Waals surface area contributed by atoms with E-state index in [-0.39, 0.29) is 36.5 Å². The Balaban J connectivity index is 1.42. The highest BCUT2D eigenvalue weighted by Crippen LogP contribution is 2.32. The number of nitrogens with one attached hydrogen (secondary N) is 1. The molecule has 4 aromatic carbocycles. The Hall–Kier alpha value is -5.52. The van der Waals surface area contributed by atoms with Crippen LogP contribution in [0.25, 0.3) is 21.9 Å². The van der Waals surface area contributed by atoms with Crippen LogP contribution in [0.15, 0.2) is 95.4 Å². The van der Waals surface area contributed by atoms with E-state index in [1.165, 1.54) is 41.3 Å². The summed E-state index contributed by atoms with van der Waals surface area (Å²) in [6, 6.07) is 23.2. The minimum atomic E-state index is -4.89. The number of nitrogens with zero attached hydrogens (tertiary/aromatic N) is 1. The van der Waals surface area contributed by atoms with E-state index in [1.54, 1.807) is 18.2 Å². The number of carbonyl (C=O) groups is 3.